The molecular weight excluding hydrogens is 474 g/mol. The molecule has 32 heavy (non-hydrogen) atoms. The molecular formula is C20H20ClF4N3O3S. The first-order chi connectivity index (χ1) is 14.6. The van der Waals surface area contributed by atoms with Crippen molar-refractivity contribution in [1.82, 2.24) is 9.88 Å². The van der Waals surface area contributed by atoms with Crippen LogP contribution in [-0.4, -0.2) is 55.9 Å². The number of benzene rings is 2. The Labute approximate surface area is 191 Å². The summed E-state index contributed by atoms with van der Waals surface area (Å²) in [5, 5.41) is 0.295. The molecule has 0 saturated carbocycles. The minimum Gasteiger partial charge on any atom is -0.481 e. The Morgan fingerprint density at radius 2 is 1.84 bits per heavy atom. The van der Waals surface area contributed by atoms with E-state index in [1.165, 1.54) is 35.2 Å². The van der Waals surface area contributed by atoms with Crippen molar-refractivity contribution in [1.29, 1.82) is 0 Å². The maximum atomic E-state index is 13.8. The number of ether oxygens (including phenoxy) is 2. The molecule has 0 aliphatic rings. The average molecular weight is 494 g/mol. The number of thiazole rings is 1. The monoisotopic (exact) mass is 493 g/mol. The molecule has 0 radical (unpaired) electrons. The van der Waals surface area contributed by atoms with Crippen molar-refractivity contribution in [2.24, 2.45) is 0 Å². The number of halogens is 5. The summed E-state index contributed by atoms with van der Waals surface area (Å²) in [5.41, 5.74) is 0.423. The summed E-state index contributed by atoms with van der Waals surface area (Å²) in [6, 6.07) is 9.48. The zero-order valence-corrected chi connectivity index (χ0v) is 18.7. The van der Waals surface area contributed by atoms with Crippen molar-refractivity contribution in [2.45, 2.75) is 6.36 Å². The van der Waals surface area contributed by atoms with Gasteiger partial charge in [0.2, 0.25) is 0 Å². The Hall–Kier alpha value is -2.63. The second-order valence-electron chi connectivity index (χ2n) is 6.74. The number of alkyl halides is 3. The third-order valence-electron chi connectivity index (χ3n) is 4.07. The number of hydrogen-bond donors (Lipinski definition) is 0. The van der Waals surface area contributed by atoms with Gasteiger partial charge in [0, 0.05) is 19.2 Å². The summed E-state index contributed by atoms with van der Waals surface area (Å²) >= 11 is 1.05. The molecule has 1 heterocycles. The van der Waals surface area contributed by atoms with Crippen molar-refractivity contribution < 1.29 is 31.8 Å². The highest BCUT2D eigenvalue weighted by molar-refractivity contribution is 7.22. The molecule has 1 aromatic heterocycles. The largest absolute Gasteiger partial charge is 0.573 e. The summed E-state index contributed by atoms with van der Waals surface area (Å²) in [6.07, 6.45) is -4.81. The van der Waals surface area contributed by atoms with E-state index in [2.05, 4.69) is 9.72 Å². The molecule has 0 bridgehead atoms. The average Bonchev–Trinajstić information content (AvgIpc) is 3.09. The van der Waals surface area contributed by atoms with E-state index in [-0.39, 0.29) is 30.5 Å². The number of nitrogens with zero attached hydrogens (tertiary/aromatic N) is 3. The van der Waals surface area contributed by atoms with Crippen molar-refractivity contribution >= 4 is 45.0 Å². The second-order valence-corrected chi connectivity index (χ2v) is 7.75. The first-order valence-corrected chi connectivity index (χ1v) is 9.93. The van der Waals surface area contributed by atoms with E-state index in [1.807, 2.05) is 19.0 Å². The van der Waals surface area contributed by atoms with Gasteiger partial charge < -0.3 is 14.4 Å². The number of anilines is 1. The minimum absolute atomic E-state index is 0. The topological polar surface area (TPSA) is 54.9 Å². The van der Waals surface area contributed by atoms with Crippen LogP contribution in [0.15, 0.2) is 42.5 Å². The maximum absolute atomic E-state index is 13.8. The number of amides is 1. The van der Waals surface area contributed by atoms with Crippen molar-refractivity contribution in [3.05, 3.63) is 48.3 Å². The highest BCUT2D eigenvalue weighted by Crippen LogP contribution is 2.33. The Kier molecular flexibility index (Phi) is 8.65. The molecule has 0 N–H and O–H groups in total. The molecule has 0 aliphatic carbocycles. The lowest BCUT2D eigenvalue weighted by molar-refractivity contribution is -0.274. The van der Waals surface area contributed by atoms with Crippen LogP contribution in [0, 0.1) is 5.82 Å². The van der Waals surface area contributed by atoms with E-state index in [1.54, 1.807) is 6.07 Å². The molecule has 0 aliphatic heterocycles. The van der Waals surface area contributed by atoms with Gasteiger partial charge >= 0.3 is 6.36 Å². The van der Waals surface area contributed by atoms with E-state index in [0.29, 0.717) is 21.9 Å². The highest BCUT2D eigenvalue weighted by atomic mass is 35.5. The number of carbonyl (C=O) groups excluding carboxylic acids is 1. The smallest absolute Gasteiger partial charge is 0.481 e. The highest BCUT2D eigenvalue weighted by Gasteiger charge is 2.31. The van der Waals surface area contributed by atoms with E-state index >= 15 is 0 Å². The number of hydrogen-bond acceptors (Lipinski definition) is 6. The van der Waals surface area contributed by atoms with Gasteiger partial charge in [0.1, 0.15) is 5.75 Å². The van der Waals surface area contributed by atoms with Crippen molar-refractivity contribution in [2.75, 3.05) is 38.7 Å². The summed E-state index contributed by atoms with van der Waals surface area (Å²) in [6.45, 7) is 0.342. The lowest BCUT2D eigenvalue weighted by Crippen LogP contribution is -2.39. The van der Waals surface area contributed by atoms with Gasteiger partial charge in [-0.15, -0.1) is 25.6 Å². The summed E-state index contributed by atoms with van der Waals surface area (Å²) in [7, 11) is 3.66. The molecule has 0 unspecified atom stereocenters. The molecule has 1 amide bonds. The van der Waals surface area contributed by atoms with Crippen LogP contribution in [0.4, 0.5) is 22.7 Å². The van der Waals surface area contributed by atoms with Gasteiger partial charge in [-0.3, -0.25) is 9.69 Å². The summed E-state index contributed by atoms with van der Waals surface area (Å²) < 4.78 is 60.9. The third-order valence-corrected chi connectivity index (χ3v) is 5.11. The number of rotatable bonds is 8. The standard InChI is InChI=1S/C20H19F4N3O3S.ClH/c1-26(2)9-10-27(18(28)12-29-16-6-4-3-5-14(16)21)19-25-15-8-7-13(11-17(15)31-19)30-20(22,23)24;/h3-8,11H,9-10,12H2,1-2H3;1H. The number of para-hydroxylation sites is 1. The van der Waals surface area contributed by atoms with Crippen LogP contribution in [0.25, 0.3) is 10.2 Å². The molecule has 0 saturated heterocycles. The van der Waals surface area contributed by atoms with Gasteiger partial charge in [0.15, 0.2) is 23.3 Å². The fourth-order valence-electron chi connectivity index (χ4n) is 2.61. The summed E-state index contributed by atoms with van der Waals surface area (Å²) in [5.74, 6) is -1.48. The van der Waals surface area contributed by atoms with E-state index in [0.717, 1.165) is 17.4 Å². The quantitative estimate of drug-likeness (QED) is 0.425. The molecule has 6 nitrogen and oxygen atoms in total. The second kappa shape index (κ2) is 10.8. The predicted octanol–water partition coefficient (Wildman–Crippen LogP) is 4.73. The van der Waals surface area contributed by atoms with Crippen LogP contribution in [0.1, 0.15) is 0 Å². The normalized spacial score (nSPS) is 11.3. The first kappa shape index (κ1) is 25.6. The van der Waals surface area contributed by atoms with E-state index < -0.39 is 24.7 Å². The van der Waals surface area contributed by atoms with Crippen LogP contribution in [-0.2, 0) is 4.79 Å². The fraction of sp³-hybridized carbons (Fsp3) is 0.300. The van der Waals surface area contributed by atoms with Gasteiger partial charge in [0.25, 0.3) is 5.91 Å². The van der Waals surface area contributed by atoms with E-state index in [9.17, 15) is 22.4 Å². The molecule has 3 rings (SSSR count). The van der Waals surface area contributed by atoms with Gasteiger partial charge in [-0.1, -0.05) is 23.5 Å². The maximum Gasteiger partial charge on any atom is 0.573 e. The first-order valence-electron chi connectivity index (χ1n) is 9.11. The zero-order valence-electron chi connectivity index (χ0n) is 17.1. The minimum atomic E-state index is -4.81. The van der Waals surface area contributed by atoms with Crippen LogP contribution in [0.2, 0.25) is 0 Å². The van der Waals surface area contributed by atoms with Crippen LogP contribution in [0.3, 0.4) is 0 Å². The fourth-order valence-corrected chi connectivity index (χ4v) is 3.65. The van der Waals surface area contributed by atoms with Gasteiger partial charge in [0.05, 0.1) is 10.2 Å². The molecule has 0 fully saturated rings. The SMILES string of the molecule is CN(C)CCN(C(=O)COc1ccccc1F)c1nc2ccc(OC(F)(F)F)cc2s1.Cl. The molecule has 2 aromatic carbocycles. The molecule has 12 heteroatoms. The number of likely N-dealkylation sites (N-methyl/N-ethyl adjacent to an activating group) is 1. The van der Waals surface area contributed by atoms with Crippen LogP contribution < -0.4 is 14.4 Å². The molecule has 0 atom stereocenters. The van der Waals surface area contributed by atoms with Gasteiger partial charge in [-0.05, 0) is 38.4 Å². The Balaban J connectivity index is 0.00000363. The Bertz CT molecular complexity index is 1060. The van der Waals surface area contributed by atoms with Crippen LogP contribution in [0.5, 0.6) is 11.5 Å². The lowest BCUT2D eigenvalue weighted by Gasteiger charge is -2.22. The lowest BCUT2D eigenvalue weighted by atomic mass is 10.3. The molecule has 0 spiro atoms. The predicted molar refractivity (Wildman–Crippen MR) is 116 cm³/mol. The van der Waals surface area contributed by atoms with Crippen molar-refractivity contribution in [3.63, 3.8) is 0 Å². The summed E-state index contributed by atoms with van der Waals surface area (Å²) in [4.78, 5) is 20.4. The number of fused-ring (bicyclic) bond motifs is 1. The molecule has 3 aromatic rings. The van der Waals surface area contributed by atoms with Crippen LogP contribution >= 0.6 is 23.7 Å². The van der Waals surface area contributed by atoms with Gasteiger partial charge in [-0.25, -0.2) is 9.37 Å². The zero-order chi connectivity index (χ0) is 22.6. The number of carbonyl (C=O) groups is 1. The Morgan fingerprint density at radius 3 is 2.50 bits per heavy atom. The van der Waals surface area contributed by atoms with Crippen molar-refractivity contribution in [3.8, 4) is 11.5 Å². The van der Waals surface area contributed by atoms with E-state index in [4.69, 9.17) is 4.74 Å². The molecule has 174 valence electrons. The third kappa shape index (κ3) is 6.94. The van der Waals surface area contributed by atoms with Gasteiger partial charge in [-0.2, -0.15) is 0 Å². The number of aromatic nitrogens is 1. The Morgan fingerprint density at radius 1 is 1.12 bits per heavy atom.